The summed E-state index contributed by atoms with van der Waals surface area (Å²) in [6.07, 6.45) is 1.99. The van der Waals surface area contributed by atoms with Crippen molar-refractivity contribution in [3.8, 4) is 5.75 Å². The molecule has 0 aromatic heterocycles. The monoisotopic (exact) mass is 425 g/mol. The van der Waals surface area contributed by atoms with Gasteiger partial charge in [0.15, 0.2) is 0 Å². The first-order valence-electron chi connectivity index (χ1n) is 10.2. The van der Waals surface area contributed by atoms with Crippen molar-refractivity contribution in [1.29, 1.82) is 0 Å². The Kier molecular flexibility index (Phi) is 5.39. The minimum atomic E-state index is -1.15. The lowest BCUT2D eigenvalue weighted by Gasteiger charge is -2.33. The molecule has 2 aromatic carbocycles. The molecule has 7 nitrogen and oxygen atoms in total. The third kappa shape index (κ3) is 3.73. The van der Waals surface area contributed by atoms with Crippen molar-refractivity contribution in [3.05, 3.63) is 65.0 Å². The van der Waals surface area contributed by atoms with Crippen LogP contribution in [0.5, 0.6) is 5.75 Å². The Balaban J connectivity index is 1.50. The van der Waals surface area contributed by atoms with Gasteiger partial charge in [0, 0.05) is 0 Å². The second-order valence-electron chi connectivity index (χ2n) is 7.94. The Morgan fingerprint density at radius 2 is 2.00 bits per heavy atom. The molecule has 1 aliphatic carbocycles. The summed E-state index contributed by atoms with van der Waals surface area (Å²) in [5.41, 5.74) is 1.27. The number of urea groups is 1. The summed E-state index contributed by atoms with van der Waals surface area (Å²) in [7, 11) is 1.58. The van der Waals surface area contributed by atoms with Crippen LogP contribution in [0.15, 0.2) is 42.5 Å². The lowest BCUT2D eigenvalue weighted by Crippen LogP contribution is -2.47. The number of aryl methyl sites for hydroxylation is 1. The molecule has 1 fully saturated rings. The molecule has 8 heteroatoms. The molecule has 1 saturated heterocycles. The van der Waals surface area contributed by atoms with E-state index in [4.69, 9.17) is 4.74 Å². The third-order valence-electron chi connectivity index (χ3n) is 6.00. The van der Waals surface area contributed by atoms with Crippen molar-refractivity contribution in [3.63, 3.8) is 0 Å². The first-order chi connectivity index (χ1) is 14.8. The van der Waals surface area contributed by atoms with E-state index < -0.39 is 29.4 Å². The average molecular weight is 425 g/mol. The van der Waals surface area contributed by atoms with E-state index in [0.29, 0.717) is 12.2 Å². The maximum atomic E-state index is 13.3. The van der Waals surface area contributed by atoms with Crippen molar-refractivity contribution in [2.45, 2.75) is 37.8 Å². The van der Waals surface area contributed by atoms with Gasteiger partial charge in [-0.15, -0.1) is 0 Å². The molecule has 4 amide bonds. The maximum Gasteiger partial charge on any atom is 0.325 e. The minimum absolute atomic E-state index is 0.364. The lowest BCUT2D eigenvalue weighted by atomic mass is 9.76. The van der Waals surface area contributed by atoms with Crippen LogP contribution in [0.2, 0.25) is 0 Å². The van der Waals surface area contributed by atoms with E-state index in [1.54, 1.807) is 32.2 Å². The predicted molar refractivity (Wildman–Crippen MR) is 111 cm³/mol. The van der Waals surface area contributed by atoms with Crippen molar-refractivity contribution in [2.75, 3.05) is 13.7 Å². The smallest absolute Gasteiger partial charge is 0.325 e. The molecule has 0 saturated carbocycles. The molecule has 0 radical (unpaired) electrons. The number of hydrogen-bond donors (Lipinski definition) is 2. The van der Waals surface area contributed by atoms with E-state index in [2.05, 4.69) is 10.6 Å². The topological polar surface area (TPSA) is 87.7 Å². The molecule has 0 unspecified atom stereocenters. The van der Waals surface area contributed by atoms with Gasteiger partial charge >= 0.3 is 6.03 Å². The van der Waals surface area contributed by atoms with Crippen LogP contribution >= 0.6 is 0 Å². The minimum Gasteiger partial charge on any atom is -0.497 e. The second-order valence-corrected chi connectivity index (χ2v) is 7.94. The number of methoxy groups -OCH3 is 1. The molecular formula is C23H24FN3O4. The number of hydrogen-bond acceptors (Lipinski definition) is 4. The van der Waals surface area contributed by atoms with Gasteiger partial charge in [-0.05, 0) is 67.1 Å². The summed E-state index contributed by atoms with van der Waals surface area (Å²) >= 11 is 0. The first kappa shape index (κ1) is 20.8. The van der Waals surface area contributed by atoms with E-state index in [1.807, 2.05) is 12.1 Å². The van der Waals surface area contributed by atoms with E-state index >= 15 is 0 Å². The fraction of sp³-hybridized carbons (Fsp3) is 0.348. The zero-order valence-electron chi connectivity index (χ0n) is 17.4. The maximum absolute atomic E-state index is 13.3. The summed E-state index contributed by atoms with van der Waals surface area (Å²) < 4.78 is 18.4. The number of rotatable bonds is 5. The normalized spacial score (nSPS) is 20.9. The van der Waals surface area contributed by atoms with Crippen LogP contribution in [-0.2, 0) is 21.5 Å². The van der Waals surface area contributed by atoms with Crippen molar-refractivity contribution in [1.82, 2.24) is 15.5 Å². The Morgan fingerprint density at radius 3 is 2.71 bits per heavy atom. The highest BCUT2D eigenvalue weighted by Crippen LogP contribution is 2.41. The zero-order valence-corrected chi connectivity index (χ0v) is 17.4. The summed E-state index contributed by atoms with van der Waals surface area (Å²) in [5.74, 6) is -0.563. The number of ether oxygens (including phenoxy) is 1. The van der Waals surface area contributed by atoms with Gasteiger partial charge in [0.2, 0.25) is 5.91 Å². The SMILES string of the molecule is COc1ccc2c(c1)CCC[C@@]21NC(=O)N(CC(=O)N[C@@H](C)c2ccc(F)cc2)C1=O. The number of carbonyl (C=O) groups is 3. The highest BCUT2D eigenvalue weighted by Gasteiger charge is 2.54. The number of nitrogens with zero attached hydrogens (tertiary/aromatic N) is 1. The summed E-state index contributed by atoms with van der Waals surface area (Å²) in [6, 6.07) is 10.3. The number of nitrogens with one attached hydrogen (secondary N) is 2. The molecule has 1 aliphatic heterocycles. The zero-order chi connectivity index (χ0) is 22.2. The number of fused-ring (bicyclic) bond motifs is 2. The summed E-state index contributed by atoms with van der Waals surface area (Å²) in [6.45, 7) is 1.37. The molecule has 4 rings (SSSR count). The van der Waals surface area contributed by atoms with Crippen molar-refractivity contribution >= 4 is 17.8 Å². The van der Waals surface area contributed by atoms with E-state index in [0.717, 1.165) is 34.4 Å². The number of amides is 4. The molecule has 162 valence electrons. The van der Waals surface area contributed by atoms with Gasteiger partial charge in [-0.2, -0.15) is 0 Å². The molecule has 2 atom stereocenters. The predicted octanol–water partition coefficient (Wildman–Crippen LogP) is 2.80. The van der Waals surface area contributed by atoms with E-state index in [9.17, 15) is 18.8 Å². The van der Waals surface area contributed by atoms with Gasteiger partial charge in [0.25, 0.3) is 5.91 Å². The Morgan fingerprint density at radius 1 is 1.26 bits per heavy atom. The third-order valence-corrected chi connectivity index (χ3v) is 6.00. The number of carbonyl (C=O) groups excluding carboxylic acids is 3. The highest BCUT2D eigenvalue weighted by molar-refractivity contribution is 6.09. The molecule has 2 N–H and O–H groups in total. The first-order valence-corrected chi connectivity index (χ1v) is 10.2. The summed E-state index contributed by atoms with van der Waals surface area (Å²) in [4.78, 5) is 39.5. The largest absolute Gasteiger partial charge is 0.497 e. The number of imide groups is 1. The van der Waals surface area contributed by atoms with Crippen LogP contribution < -0.4 is 15.4 Å². The van der Waals surface area contributed by atoms with Crippen molar-refractivity contribution < 1.29 is 23.5 Å². The van der Waals surface area contributed by atoms with E-state index in [1.165, 1.54) is 12.1 Å². The Labute approximate surface area is 179 Å². The van der Waals surface area contributed by atoms with Crippen LogP contribution in [0.3, 0.4) is 0 Å². The quantitative estimate of drug-likeness (QED) is 0.722. The van der Waals surface area contributed by atoms with Gasteiger partial charge < -0.3 is 15.4 Å². The van der Waals surface area contributed by atoms with Crippen LogP contribution in [0.1, 0.15) is 42.5 Å². The number of benzene rings is 2. The Hall–Kier alpha value is -3.42. The van der Waals surface area contributed by atoms with Crippen LogP contribution in [0.25, 0.3) is 0 Å². The number of halogens is 1. The van der Waals surface area contributed by atoms with Gasteiger partial charge in [-0.1, -0.05) is 18.2 Å². The molecule has 0 bridgehead atoms. The van der Waals surface area contributed by atoms with Crippen LogP contribution in [-0.4, -0.2) is 36.4 Å². The molecule has 2 aliphatic rings. The average Bonchev–Trinajstić information content (AvgIpc) is 2.98. The van der Waals surface area contributed by atoms with Crippen molar-refractivity contribution in [2.24, 2.45) is 0 Å². The molecule has 1 heterocycles. The summed E-state index contributed by atoms with van der Waals surface area (Å²) in [5, 5.41) is 5.59. The second kappa shape index (κ2) is 8.02. The fourth-order valence-corrected chi connectivity index (χ4v) is 4.39. The highest BCUT2D eigenvalue weighted by atomic mass is 19.1. The van der Waals surface area contributed by atoms with Crippen LogP contribution in [0.4, 0.5) is 9.18 Å². The van der Waals surface area contributed by atoms with E-state index in [-0.39, 0.29) is 12.4 Å². The lowest BCUT2D eigenvalue weighted by molar-refractivity contribution is -0.135. The van der Waals surface area contributed by atoms with Gasteiger partial charge in [0.1, 0.15) is 23.7 Å². The standard InChI is InChI=1S/C23H24FN3O4/c1-14(15-5-7-17(24)8-6-15)25-20(28)13-27-21(29)23(26-22(27)30)11-3-4-16-12-18(31-2)9-10-19(16)23/h5-10,12,14H,3-4,11,13H2,1-2H3,(H,25,28)(H,26,30)/t14-,23+/m0/s1. The molecular weight excluding hydrogens is 401 g/mol. The van der Waals surface area contributed by atoms with Gasteiger partial charge in [0.05, 0.1) is 13.2 Å². The van der Waals surface area contributed by atoms with Gasteiger partial charge in [-0.25, -0.2) is 9.18 Å². The van der Waals surface area contributed by atoms with Crippen LogP contribution in [0, 0.1) is 5.82 Å². The molecule has 2 aromatic rings. The fourth-order valence-electron chi connectivity index (χ4n) is 4.39. The molecule has 1 spiro atoms. The van der Waals surface area contributed by atoms with Gasteiger partial charge in [-0.3, -0.25) is 14.5 Å². The Bertz CT molecular complexity index is 1040. The molecule has 31 heavy (non-hydrogen) atoms.